The van der Waals surface area contributed by atoms with Crippen LogP contribution < -0.4 is 10.5 Å². The lowest BCUT2D eigenvalue weighted by molar-refractivity contribution is 0.0223. The second-order valence-corrected chi connectivity index (χ2v) is 8.13. The van der Waals surface area contributed by atoms with Gasteiger partial charge in [0.25, 0.3) is 5.56 Å². The Morgan fingerprint density at radius 1 is 1.27 bits per heavy atom. The maximum atomic E-state index is 12.6. The minimum atomic E-state index is -0.564. The Bertz CT molecular complexity index is 907. The SMILES string of the molecule is CCC(CN(CC)c1nc(-c2ccncn2)cc(=O)n1C)N(C)C(=O)OC(C)(C)C. The molecule has 0 fully saturated rings. The summed E-state index contributed by atoms with van der Waals surface area (Å²) in [7, 11) is 3.43. The van der Waals surface area contributed by atoms with Gasteiger partial charge in [-0.15, -0.1) is 0 Å². The van der Waals surface area contributed by atoms with E-state index in [2.05, 4.69) is 15.0 Å². The summed E-state index contributed by atoms with van der Waals surface area (Å²) in [6, 6.07) is 3.07. The van der Waals surface area contributed by atoms with Crippen molar-refractivity contribution in [2.45, 2.75) is 52.7 Å². The molecule has 30 heavy (non-hydrogen) atoms. The number of amides is 1. The molecule has 2 aromatic heterocycles. The second kappa shape index (κ2) is 9.69. The molecule has 1 unspecified atom stereocenters. The Labute approximate surface area is 177 Å². The van der Waals surface area contributed by atoms with Crippen molar-refractivity contribution in [1.29, 1.82) is 0 Å². The van der Waals surface area contributed by atoms with Crippen molar-refractivity contribution in [3.05, 3.63) is 35.0 Å². The summed E-state index contributed by atoms with van der Waals surface area (Å²) in [6.07, 6.45) is 3.39. The van der Waals surface area contributed by atoms with Crippen LogP contribution >= 0.6 is 0 Å². The third-order valence-electron chi connectivity index (χ3n) is 4.75. The van der Waals surface area contributed by atoms with E-state index in [1.165, 1.54) is 17.0 Å². The highest BCUT2D eigenvalue weighted by Gasteiger charge is 2.27. The summed E-state index contributed by atoms with van der Waals surface area (Å²) in [5.41, 5.74) is 0.326. The zero-order valence-corrected chi connectivity index (χ0v) is 18.9. The summed E-state index contributed by atoms with van der Waals surface area (Å²) in [6.45, 7) is 10.7. The third kappa shape index (κ3) is 5.77. The summed E-state index contributed by atoms with van der Waals surface area (Å²) in [5, 5.41) is 0. The largest absolute Gasteiger partial charge is 0.444 e. The maximum absolute atomic E-state index is 12.6. The number of carbonyl (C=O) groups excluding carboxylic acids is 1. The highest BCUT2D eigenvalue weighted by Crippen LogP contribution is 2.18. The summed E-state index contributed by atoms with van der Waals surface area (Å²) >= 11 is 0. The Morgan fingerprint density at radius 2 is 1.97 bits per heavy atom. The van der Waals surface area contributed by atoms with Crippen LogP contribution in [0.3, 0.4) is 0 Å². The van der Waals surface area contributed by atoms with Crippen LogP contribution in [-0.2, 0) is 11.8 Å². The van der Waals surface area contributed by atoms with E-state index in [1.54, 1.807) is 31.3 Å². The Kier molecular flexibility index (Phi) is 7.53. The average Bonchev–Trinajstić information content (AvgIpc) is 2.70. The quantitative estimate of drug-likeness (QED) is 0.685. The minimum absolute atomic E-state index is 0.112. The lowest BCUT2D eigenvalue weighted by Crippen LogP contribution is -2.47. The molecule has 0 N–H and O–H groups in total. The number of hydrogen-bond donors (Lipinski definition) is 0. The maximum Gasteiger partial charge on any atom is 0.410 e. The van der Waals surface area contributed by atoms with Crippen LogP contribution in [0.2, 0.25) is 0 Å². The standard InChI is InChI=1S/C21H32N6O3/c1-8-15(25(6)20(29)30-21(3,4)5)13-27(9-2)19-24-17(12-18(28)26(19)7)16-10-11-22-14-23-16/h10-12,14-15H,8-9,13H2,1-7H3. The van der Waals surface area contributed by atoms with Crippen molar-refractivity contribution in [2.75, 3.05) is 25.0 Å². The smallest absolute Gasteiger partial charge is 0.410 e. The molecular formula is C21H32N6O3. The summed E-state index contributed by atoms with van der Waals surface area (Å²) in [5.74, 6) is 0.523. The molecule has 0 radical (unpaired) electrons. The van der Waals surface area contributed by atoms with Gasteiger partial charge in [-0.2, -0.15) is 0 Å². The van der Waals surface area contributed by atoms with Crippen molar-refractivity contribution < 1.29 is 9.53 Å². The predicted octanol–water partition coefficient (Wildman–Crippen LogP) is 2.71. The first-order valence-electron chi connectivity index (χ1n) is 10.1. The molecule has 2 aromatic rings. The highest BCUT2D eigenvalue weighted by molar-refractivity contribution is 5.68. The van der Waals surface area contributed by atoms with E-state index in [1.807, 2.05) is 39.5 Å². The van der Waals surface area contributed by atoms with Crippen LogP contribution in [0.1, 0.15) is 41.0 Å². The number of rotatable bonds is 7. The molecule has 9 nitrogen and oxygen atoms in total. The van der Waals surface area contributed by atoms with Gasteiger partial charge in [0.15, 0.2) is 0 Å². The first-order chi connectivity index (χ1) is 14.1. The fraction of sp³-hybridized carbons (Fsp3) is 0.571. The van der Waals surface area contributed by atoms with Crippen molar-refractivity contribution in [1.82, 2.24) is 24.4 Å². The van der Waals surface area contributed by atoms with Crippen molar-refractivity contribution in [2.24, 2.45) is 7.05 Å². The molecule has 0 spiro atoms. The lowest BCUT2D eigenvalue weighted by Gasteiger charge is -2.34. The van der Waals surface area contributed by atoms with Gasteiger partial charge in [0.1, 0.15) is 11.9 Å². The number of likely N-dealkylation sites (N-methyl/N-ethyl adjacent to an activating group) is 2. The molecule has 2 heterocycles. The van der Waals surface area contributed by atoms with E-state index in [0.717, 1.165) is 6.42 Å². The molecule has 9 heteroatoms. The van der Waals surface area contributed by atoms with Gasteiger partial charge < -0.3 is 14.5 Å². The number of anilines is 1. The average molecular weight is 417 g/mol. The monoisotopic (exact) mass is 416 g/mol. The molecule has 0 saturated heterocycles. The zero-order chi connectivity index (χ0) is 22.5. The van der Waals surface area contributed by atoms with Gasteiger partial charge in [0.05, 0.1) is 17.4 Å². The van der Waals surface area contributed by atoms with Crippen LogP contribution in [0.25, 0.3) is 11.4 Å². The first-order valence-corrected chi connectivity index (χ1v) is 10.1. The van der Waals surface area contributed by atoms with E-state index in [0.29, 0.717) is 30.4 Å². The van der Waals surface area contributed by atoms with Gasteiger partial charge in [-0.25, -0.2) is 19.7 Å². The fourth-order valence-electron chi connectivity index (χ4n) is 3.00. The number of hydrogen-bond acceptors (Lipinski definition) is 7. The van der Waals surface area contributed by atoms with Crippen molar-refractivity contribution >= 4 is 12.0 Å². The van der Waals surface area contributed by atoms with E-state index < -0.39 is 5.60 Å². The van der Waals surface area contributed by atoms with Crippen LogP contribution in [0, 0.1) is 0 Å². The van der Waals surface area contributed by atoms with Crippen molar-refractivity contribution in [3.63, 3.8) is 0 Å². The lowest BCUT2D eigenvalue weighted by atomic mass is 10.2. The van der Waals surface area contributed by atoms with E-state index >= 15 is 0 Å². The first kappa shape index (κ1) is 23.3. The van der Waals surface area contributed by atoms with Gasteiger partial charge in [-0.1, -0.05) is 6.92 Å². The molecule has 2 rings (SSSR count). The second-order valence-electron chi connectivity index (χ2n) is 8.13. The van der Waals surface area contributed by atoms with E-state index in [4.69, 9.17) is 4.74 Å². The van der Waals surface area contributed by atoms with Gasteiger partial charge in [-0.3, -0.25) is 9.36 Å². The topological polar surface area (TPSA) is 93.5 Å². The molecule has 1 amide bonds. The summed E-state index contributed by atoms with van der Waals surface area (Å²) in [4.78, 5) is 41.5. The summed E-state index contributed by atoms with van der Waals surface area (Å²) < 4.78 is 7.01. The Hall–Kier alpha value is -2.97. The van der Waals surface area contributed by atoms with Gasteiger partial charge in [-0.05, 0) is 40.2 Å². The third-order valence-corrected chi connectivity index (χ3v) is 4.75. The van der Waals surface area contributed by atoms with Crippen LogP contribution in [0.4, 0.5) is 10.7 Å². The van der Waals surface area contributed by atoms with Gasteiger partial charge in [0, 0.05) is 39.4 Å². The highest BCUT2D eigenvalue weighted by atomic mass is 16.6. The zero-order valence-electron chi connectivity index (χ0n) is 18.9. The molecule has 0 aliphatic rings. The number of carbonyl (C=O) groups is 1. The number of nitrogens with zero attached hydrogens (tertiary/aromatic N) is 6. The number of aromatic nitrogens is 4. The van der Waals surface area contributed by atoms with Crippen LogP contribution in [0.5, 0.6) is 0 Å². The van der Waals surface area contributed by atoms with Crippen molar-refractivity contribution in [3.8, 4) is 11.4 Å². The Balaban J connectivity index is 2.33. The molecule has 0 aliphatic carbocycles. The van der Waals surface area contributed by atoms with Gasteiger partial charge in [0.2, 0.25) is 5.95 Å². The molecule has 0 aromatic carbocycles. The molecule has 0 bridgehead atoms. The number of ether oxygens (including phenoxy) is 1. The minimum Gasteiger partial charge on any atom is -0.444 e. The normalized spacial score (nSPS) is 12.4. The fourth-order valence-corrected chi connectivity index (χ4v) is 3.00. The molecular weight excluding hydrogens is 384 g/mol. The molecule has 0 saturated carbocycles. The Morgan fingerprint density at radius 3 is 2.50 bits per heavy atom. The molecule has 164 valence electrons. The van der Waals surface area contributed by atoms with Gasteiger partial charge >= 0.3 is 6.09 Å². The van der Waals surface area contributed by atoms with E-state index in [9.17, 15) is 9.59 Å². The van der Waals surface area contributed by atoms with Crippen LogP contribution in [-0.4, -0.2) is 62.3 Å². The van der Waals surface area contributed by atoms with Crippen LogP contribution in [0.15, 0.2) is 29.5 Å². The predicted molar refractivity (Wildman–Crippen MR) is 116 cm³/mol. The van der Waals surface area contributed by atoms with E-state index in [-0.39, 0.29) is 17.7 Å². The molecule has 1 atom stereocenters. The molecule has 0 aliphatic heterocycles.